The number of nitrogens with one attached hydrogen (secondary N) is 1. The molecule has 6 nitrogen and oxygen atoms in total. The van der Waals surface area contributed by atoms with E-state index in [4.69, 9.17) is 9.97 Å². The van der Waals surface area contributed by atoms with Crippen molar-refractivity contribution in [2.45, 2.75) is 70.2 Å². The molecular weight excluding hydrogens is 444 g/mol. The van der Waals surface area contributed by atoms with Crippen LogP contribution in [0.25, 0.3) is 10.9 Å². The maximum Gasteiger partial charge on any atom is 0.226 e. The van der Waals surface area contributed by atoms with Gasteiger partial charge in [-0.3, -0.25) is 0 Å². The van der Waals surface area contributed by atoms with Gasteiger partial charge in [-0.2, -0.15) is 0 Å². The summed E-state index contributed by atoms with van der Waals surface area (Å²) in [5.41, 5.74) is 3.78. The number of anilines is 1. The molecule has 1 aliphatic heterocycles. The standard InChI is InChI=1S/C27H38N4O2S/c1-18-23-10-9-22(34(4,32)33)17-25(23)30-26(29-18)31-14-5-6-21(12-15-31)28-13-11-19-7-8-20-16-24(19)27(20,2)3/h7,9-10,17,20-21,24,28H,5-6,8,11-16H2,1-4H3/t20-,21+,24-/m0/s1. The zero-order valence-electron chi connectivity index (χ0n) is 21.0. The van der Waals surface area contributed by atoms with Crippen LogP contribution in [0.2, 0.25) is 0 Å². The van der Waals surface area contributed by atoms with Gasteiger partial charge < -0.3 is 10.2 Å². The molecule has 7 heteroatoms. The Morgan fingerprint density at radius 3 is 2.74 bits per heavy atom. The van der Waals surface area contributed by atoms with E-state index < -0.39 is 9.84 Å². The van der Waals surface area contributed by atoms with Gasteiger partial charge in [0, 0.05) is 30.8 Å². The van der Waals surface area contributed by atoms with E-state index in [1.807, 2.05) is 13.0 Å². The number of nitrogens with zero attached hydrogens (tertiary/aromatic N) is 3. The summed E-state index contributed by atoms with van der Waals surface area (Å²) in [5, 5.41) is 4.74. The molecule has 1 saturated heterocycles. The van der Waals surface area contributed by atoms with Crippen molar-refractivity contribution >= 4 is 26.7 Å². The molecule has 2 aromatic rings. The van der Waals surface area contributed by atoms with E-state index in [2.05, 4.69) is 30.1 Å². The molecule has 3 atom stereocenters. The van der Waals surface area contributed by atoms with Crippen LogP contribution >= 0.6 is 0 Å². The fourth-order valence-electron chi connectivity index (χ4n) is 6.30. The van der Waals surface area contributed by atoms with E-state index in [0.717, 1.165) is 61.8 Å². The van der Waals surface area contributed by atoms with Crippen LogP contribution in [0.1, 0.15) is 58.1 Å². The topological polar surface area (TPSA) is 75.2 Å². The molecule has 0 unspecified atom stereocenters. The highest BCUT2D eigenvalue weighted by atomic mass is 32.2. The molecular formula is C27H38N4O2S. The lowest BCUT2D eigenvalue weighted by Gasteiger charge is -2.56. The van der Waals surface area contributed by atoms with E-state index in [9.17, 15) is 8.42 Å². The van der Waals surface area contributed by atoms with Gasteiger partial charge in [-0.15, -0.1) is 0 Å². The number of allylic oxidation sites excluding steroid dienone is 1. The van der Waals surface area contributed by atoms with E-state index in [1.54, 1.807) is 17.7 Å². The van der Waals surface area contributed by atoms with Crippen LogP contribution in [0.15, 0.2) is 34.7 Å². The lowest BCUT2D eigenvalue weighted by molar-refractivity contribution is -0.00820. The highest BCUT2D eigenvalue weighted by molar-refractivity contribution is 7.90. The van der Waals surface area contributed by atoms with Gasteiger partial charge in [0.15, 0.2) is 9.84 Å². The highest BCUT2D eigenvalue weighted by Gasteiger charge is 2.50. The summed E-state index contributed by atoms with van der Waals surface area (Å²) in [5.74, 6) is 2.42. The van der Waals surface area contributed by atoms with Crippen LogP contribution in [0.4, 0.5) is 5.95 Å². The normalized spacial score (nSPS) is 26.6. The highest BCUT2D eigenvalue weighted by Crippen LogP contribution is 2.59. The van der Waals surface area contributed by atoms with Crippen molar-refractivity contribution < 1.29 is 8.42 Å². The third-order valence-electron chi connectivity index (χ3n) is 8.72. The molecule has 0 amide bonds. The molecule has 4 aliphatic rings. The van der Waals surface area contributed by atoms with Crippen LogP contribution in [-0.2, 0) is 9.84 Å². The summed E-state index contributed by atoms with van der Waals surface area (Å²) in [7, 11) is -3.27. The van der Waals surface area contributed by atoms with Gasteiger partial charge in [0.1, 0.15) is 0 Å². The molecule has 2 fully saturated rings. The van der Waals surface area contributed by atoms with E-state index in [0.29, 0.717) is 27.8 Å². The molecule has 34 heavy (non-hydrogen) atoms. The number of fused-ring (bicyclic) bond motifs is 2. The largest absolute Gasteiger partial charge is 0.341 e. The maximum atomic E-state index is 12.0. The van der Waals surface area contributed by atoms with Crippen LogP contribution in [0.5, 0.6) is 0 Å². The van der Waals surface area contributed by atoms with Crippen LogP contribution < -0.4 is 10.2 Å². The monoisotopic (exact) mass is 482 g/mol. The average Bonchev–Trinajstić information content (AvgIpc) is 3.04. The van der Waals surface area contributed by atoms with Gasteiger partial charge in [0.25, 0.3) is 0 Å². The first-order chi connectivity index (χ1) is 16.1. The molecule has 0 spiro atoms. The van der Waals surface area contributed by atoms with Crippen LogP contribution in [0, 0.1) is 24.2 Å². The van der Waals surface area contributed by atoms with Crippen molar-refractivity contribution in [1.29, 1.82) is 0 Å². The molecule has 2 heterocycles. The van der Waals surface area contributed by atoms with Crippen molar-refractivity contribution in [3.05, 3.63) is 35.5 Å². The predicted molar refractivity (Wildman–Crippen MR) is 138 cm³/mol. The minimum absolute atomic E-state index is 0.304. The maximum absolute atomic E-state index is 12.0. The first kappa shape index (κ1) is 23.7. The van der Waals surface area contributed by atoms with Crippen LogP contribution in [-0.4, -0.2) is 50.3 Å². The second-order valence-electron chi connectivity index (χ2n) is 11.2. The number of hydrogen-bond acceptors (Lipinski definition) is 6. The van der Waals surface area contributed by atoms with Crippen molar-refractivity contribution in [2.24, 2.45) is 17.3 Å². The summed E-state index contributed by atoms with van der Waals surface area (Å²) in [4.78, 5) is 12.1. The minimum atomic E-state index is -3.27. The Morgan fingerprint density at radius 2 is 2.00 bits per heavy atom. The predicted octanol–water partition coefficient (Wildman–Crippen LogP) is 4.67. The molecule has 1 saturated carbocycles. The number of benzene rings is 1. The van der Waals surface area contributed by atoms with Crippen molar-refractivity contribution in [2.75, 3.05) is 30.8 Å². The number of sulfone groups is 1. The van der Waals surface area contributed by atoms with Gasteiger partial charge in [0.05, 0.1) is 16.1 Å². The third-order valence-corrected chi connectivity index (χ3v) is 9.83. The first-order valence-electron chi connectivity index (χ1n) is 12.8. The lowest BCUT2D eigenvalue weighted by atomic mass is 9.48. The fourth-order valence-corrected chi connectivity index (χ4v) is 6.94. The van der Waals surface area contributed by atoms with Crippen molar-refractivity contribution in [1.82, 2.24) is 15.3 Å². The Balaban J connectivity index is 1.21. The third kappa shape index (κ3) is 4.49. The van der Waals surface area contributed by atoms with Gasteiger partial charge in [-0.25, -0.2) is 18.4 Å². The molecule has 1 N–H and O–H groups in total. The smallest absolute Gasteiger partial charge is 0.226 e. The van der Waals surface area contributed by atoms with Crippen molar-refractivity contribution in [3.63, 3.8) is 0 Å². The first-order valence-corrected chi connectivity index (χ1v) is 14.7. The second-order valence-corrected chi connectivity index (χ2v) is 13.2. The van der Waals surface area contributed by atoms with Gasteiger partial charge in [0.2, 0.25) is 5.95 Å². The Labute approximate surface area is 204 Å². The van der Waals surface area contributed by atoms with Gasteiger partial charge in [-0.05, 0) is 87.4 Å². The quantitative estimate of drug-likeness (QED) is 0.603. The average molecular weight is 483 g/mol. The lowest BCUT2D eigenvalue weighted by Crippen LogP contribution is -2.48. The Kier molecular flexibility index (Phi) is 6.22. The summed E-state index contributed by atoms with van der Waals surface area (Å²) < 4.78 is 24.0. The number of hydrogen-bond donors (Lipinski definition) is 1. The Hall–Kier alpha value is -1.99. The number of aromatic nitrogens is 2. The number of aryl methyl sites for hydroxylation is 1. The SMILES string of the molecule is Cc1nc(N2CCC[C@@H](NCCC3=CC[C@H]4C[C@@H]3C4(C)C)CC2)nc2cc(S(C)(=O)=O)ccc12. The Morgan fingerprint density at radius 1 is 1.18 bits per heavy atom. The van der Waals surface area contributed by atoms with E-state index in [1.165, 1.54) is 25.5 Å². The Bertz CT molecular complexity index is 1220. The summed E-state index contributed by atoms with van der Waals surface area (Å²) >= 11 is 0. The second kappa shape index (κ2) is 8.90. The molecule has 1 aromatic heterocycles. The fraction of sp³-hybridized carbons (Fsp3) is 0.630. The summed E-state index contributed by atoms with van der Waals surface area (Å²) in [6.45, 7) is 9.77. The molecule has 1 aromatic carbocycles. The van der Waals surface area contributed by atoms with E-state index >= 15 is 0 Å². The molecule has 2 bridgehead atoms. The molecule has 0 radical (unpaired) electrons. The summed E-state index contributed by atoms with van der Waals surface area (Å²) in [6.07, 6.45) is 10.9. The zero-order chi connectivity index (χ0) is 24.1. The summed E-state index contributed by atoms with van der Waals surface area (Å²) in [6, 6.07) is 5.66. The van der Waals surface area contributed by atoms with Crippen LogP contribution in [0.3, 0.4) is 0 Å². The number of rotatable bonds is 6. The molecule has 6 rings (SSSR count). The zero-order valence-corrected chi connectivity index (χ0v) is 21.8. The van der Waals surface area contributed by atoms with Crippen molar-refractivity contribution in [3.8, 4) is 0 Å². The molecule has 184 valence electrons. The van der Waals surface area contributed by atoms with Gasteiger partial charge in [-0.1, -0.05) is 25.5 Å². The minimum Gasteiger partial charge on any atom is -0.341 e. The van der Waals surface area contributed by atoms with Gasteiger partial charge >= 0.3 is 0 Å². The van der Waals surface area contributed by atoms with E-state index in [-0.39, 0.29) is 0 Å². The molecule has 3 aliphatic carbocycles.